The van der Waals surface area contributed by atoms with Crippen LogP contribution >= 0.6 is 0 Å². The molecule has 0 aromatic carbocycles. The molecule has 0 aromatic heterocycles. The van der Waals surface area contributed by atoms with Crippen LogP contribution in [-0.4, -0.2) is 23.7 Å². The van der Waals surface area contributed by atoms with Crippen molar-refractivity contribution in [1.29, 1.82) is 0 Å². The lowest BCUT2D eigenvalue weighted by atomic mass is 9.64. The predicted molar refractivity (Wildman–Crippen MR) is 135 cm³/mol. The van der Waals surface area contributed by atoms with Gasteiger partial charge in [-0.05, 0) is 61.7 Å². The molecule has 0 amide bonds. The minimum absolute atomic E-state index is 0.0448. The Morgan fingerprint density at radius 1 is 0.818 bits per heavy atom. The molecule has 0 heterocycles. The fourth-order valence-corrected chi connectivity index (χ4v) is 6.79. The van der Waals surface area contributed by atoms with Crippen LogP contribution in [0.25, 0.3) is 0 Å². The third-order valence-corrected chi connectivity index (χ3v) is 9.00. The molecule has 0 saturated heterocycles. The first-order chi connectivity index (χ1) is 15.9. The van der Waals surface area contributed by atoms with Crippen molar-refractivity contribution in [3.05, 3.63) is 0 Å². The molecule has 4 heteroatoms. The normalized spacial score (nSPS) is 32.4. The summed E-state index contributed by atoms with van der Waals surface area (Å²) in [7, 11) is 0. The number of carboxylic acids is 1. The largest absolute Gasteiger partial charge is 0.481 e. The number of aliphatic carboxylic acids is 1. The Hall–Kier alpha value is -1.06. The highest BCUT2D eigenvalue weighted by Crippen LogP contribution is 2.44. The van der Waals surface area contributed by atoms with Crippen LogP contribution in [0.1, 0.15) is 124 Å². The molecule has 0 aromatic rings. The van der Waals surface area contributed by atoms with Gasteiger partial charge in [-0.1, -0.05) is 91.9 Å². The smallest absolute Gasteiger partial charge is 0.309 e. The van der Waals surface area contributed by atoms with Gasteiger partial charge < -0.3 is 9.84 Å². The molecule has 2 rings (SSSR count). The maximum absolute atomic E-state index is 12.9. The maximum atomic E-state index is 12.9. The van der Waals surface area contributed by atoms with Crippen molar-refractivity contribution in [1.82, 2.24) is 0 Å². The molecule has 2 fully saturated rings. The SMILES string of the molecule is CCCCCCCCC1C(CCCC)CCC(COC(=O)C2CCCC(C)C2C(=O)O)C1C. The quantitative estimate of drug-likeness (QED) is 0.210. The van der Waals surface area contributed by atoms with E-state index < -0.39 is 17.8 Å². The van der Waals surface area contributed by atoms with Gasteiger partial charge in [0.25, 0.3) is 0 Å². The lowest BCUT2D eigenvalue weighted by molar-refractivity contribution is -0.163. The zero-order chi connectivity index (χ0) is 24.2. The van der Waals surface area contributed by atoms with Crippen molar-refractivity contribution < 1.29 is 19.4 Å². The lowest BCUT2D eigenvalue weighted by Crippen LogP contribution is -2.40. The molecule has 2 saturated carbocycles. The average molecular weight is 465 g/mol. The van der Waals surface area contributed by atoms with E-state index in [1.807, 2.05) is 6.92 Å². The average Bonchev–Trinajstić information content (AvgIpc) is 2.79. The second kappa shape index (κ2) is 15.0. The highest BCUT2D eigenvalue weighted by molar-refractivity contribution is 5.81. The number of carboxylic acid groups (broad SMARTS) is 1. The van der Waals surface area contributed by atoms with Crippen LogP contribution in [0.4, 0.5) is 0 Å². The Labute approximate surface area is 203 Å². The molecule has 2 aliphatic carbocycles. The Morgan fingerprint density at radius 3 is 2.18 bits per heavy atom. The van der Waals surface area contributed by atoms with Gasteiger partial charge in [-0.25, -0.2) is 0 Å². The maximum Gasteiger partial charge on any atom is 0.309 e. The predicted octanol–water partition coefficient (Wildman–Crippen LogP) is 7.89. The minimum atomic E-state index is -0.840. The van der Waals surface area contributed by atoms with E-state index in [4.69, 9.17) is 4.74 Å². The van der Waals surface area contributed by atoms with E-state index in [0.29, 0.717) is 24.9 Å². The van der Waals surface area contributed by atoms with Gasteiger partial charge in [-0.15, -0.1) is 0 Å². The summed E-state index contributed by atoms with van der Waals surface area (Å²) in [6, 6.07) is 0. The molecular weight excluding hydrogens is 412 g/mol. The monoisotopic (exact) mass is 464 g/mol. The molecule has 0 radical (unpaired) electrons. The van der Waals surface area contributed by atoms with Crippen LogP contribution < -0.4 is 0 Å². The summed E-state index contributed by atoms with van der Waals surface area (Å²) >= 11 is 0. The van der Waals surface area contributed by atoms with Gasteiger partial charge >= 0.3 is 11.9 Å². The van der Waals surface area contributed by atoms with Crippen LogP contribution in [0.5, 0.6) is 0 Å². The molecule has 192 valence electrons. The topological polar surface area (TPSA) is 63.6 Å². The third-order valence-electron chi connectivity index (χ3n) is 9.00. The number of ether oxygens (including phenoxy) is 1. The first-order valence-electron chi connectivity index (χ1n) is 14.3. The van der Waals surface area contributed by atoms with Crippen molar-refractivity contribution >= 4 is 11.9 Å². The number of hydrogen-bond acceptors (Lipinski definition) is 3. The first kappa shape index (κ1) is 28.2. The van der Waals surface area contributed by atoms with Crippen molar-refractivity contribution in [2.24, 2.45) is 41.4 Å². The molecule has 0 spiro atoms. The van der Waals surface area contributed by atoms with Crippen molar-refractivity contribution in [2.45, 2.75) is 124 Å². The summed E-state index contributed by atoms with van der Waals surface area (Å²) in [4.78, 5) is 24.7. The van der Waals surface area contributed by atoms with Crippen LogP contribution in [0.15, 0.2) is 0 Å². The molecule has 0 aliphatic heterocycles. The molecule has 4 nitrogen and oxygen atoms in total. The number of carbonyl (C=O) groups is 2. The Kier molecular flexibility index (Phi) is 12.8. The molecule has 1 N–H and O–H groups in total. The molecule has 0 bridgehead atoms. The summed E-state index contributed by atoms with van der Waals surface area (Å²) in [5, 5.41) is 9.66. The van der Waals surface area contributed by atoms with E-state index in [-0.39, 0.29) is 11.9 Å². The van der Waals surface area contributed by atoms with Crippen LogP contribution in [0, 0.1) is 41.4 Å². The summed E-state index contributed by atoms with van der Waals surface area (Å²) in [6.07, 6.45) is 18.2. The van der Waals surface area contributed by atoms with Crippen molar-refractivity contribution in [2.75, 3.05) is 6.61 Å². The molecule has 7 atom stereocenters. The second-order valence-electron chi connectivity index (χ2n) is 11.3. The van der Waals surface area contributed by atoms with E-state index in [1.54, 1.807) is 0 Å². The number of esters is 1. The van der Waals surface area contributed by atoms with E-state index in [0.717, 1.165) is 31.1 Å². The van der Waals surface area contributed by atoms with Gasteiger partial charge in [0.05, 0.1) is 18.4 Å². The molecule has 33 heavy (non-hydrogen) atoms. The van der Waals surface area contributed by atoms with Gasteiger partial charge in [-0.3, -0.25) is 9.59 Å². The highest BCUT2D eigenvalue weighted by atomic mass is 16.5. The molecule has 2 aliphatic rings. The van der Waals surface area contributed by atoms with Crippen LogP contribution in [0.3, 0.4) is 0 Å². The summed E-state index contributed by atoms with van der Waals surface area (Å²) in [6.45, 7) is 9.38. The van der Waals surface area contributed by atoms with Crippen molar-refractivity contribution in [3.63, 3.8) is 0 Å². The Morgan fingerprint density at radius 2 is 1.48 bits per heavy atom. The van der Waals surface area contributed by atoms with Gasteiger partial charge in [0.15, 0.2) is 0 Å². The van der Waals surface area contributed by atoms with Gasteiger partial charge in [0.1, 0.15) is 0 Å². The van der Waals surface area contributed by atoms with E-state index in [2.05, 4.69) is 20.8 Å². The van der Waals surface area contributed by atoms with Gasteiger partial charge in [0, 0.05) is 0 Å². The fourth-order valence-electron chi connectivity index (χ4n) is 6.79. The Bertz CT molecular complexity index is 574. The zero-order valence-corrected chi connectivity index (χ0v) is 22.0. The van der Waals surface area contributed by atoms with Gasteiger partial charge in [-0.2, -0.15) is 0 Å². The van der Waals surface area contributed by atoms with Crippen molar-refractivity contribution in [3.8, 4) is 0 Å². The second-order valence-corrected chi connectivity index (χ2v) is 11.3. The number of rotatable bonds is 14. The summed E-state index contributed by atoms with van der Waals surface area (Å²) in [5.74, 6) is 0.430. The molecule has 7 unspecified atom stereocenters. The van der Waals surface area contributed by atoms with E-state index >= 15 is 0 Å². The van der Waals surface area contributed by atoms with E-state index in [9.17, 15) is 14.7 Å². The first-order valence-corrected chi connectivity index (χ1v) is 14.3. The summed E-state index contributed by atoms with van der Waals surface area (Å²) < 4.78 is 5.85. The number of unbranched alkanes of at least 4 members (excludes halogenated alkanes) is 6. The lowest BCUT2D eigenvalue weighted by Gasteiger charge is -2.42. The Balaban J connectivity index is 1.90. The minimum Gasteiger partial charge on any atom is -0.481 e. The third kappa shape index (κ3) is 8.58. The van der Waals surface area contributed by atoms with E-state index in [1.165, 1.54) is 70.6 Å². The number of carbonyl (C=O) groups excluding carboxylic acids is 1. The van der Waals surface area contributed by atoms with Crippen LogP contribution in [0.2, 0.25) is 0 Å². The van der Waals surface area contributed by atoms with Gasteiger partial charge in [0.2, 0.25) is 0 Å². The number of hydrogen-bond donors (Lipinski definition) is 1. The highest BCUT2D eigenvalue weighted by Gasteiger charge is 2.42. The van der Waals surface area contributed by atoms with Crippen LogP contribution in [-0.2, 0) is 14.3 Å². The standard InChI is InChI=1S/C29H52O4/c1-5-7-9-10-11-12-16-25-22(4)24(19-18-23(25)15-8-6-2)20-33-29(32)26-17-13-14-21(3)27(26)28(30)31/h21-27H,5-20H2,1-4H3,(H,30,31). The fraction of sp³-hybridized carbons (Fsp3) is 0.931. The zero-order valence-electron chi connectivity index (χ0n) is 22.0. The molecular formula is C29H52O4. The summed E-state index contributed by atoms with van der Waals surface area (Å²) in [5.41, 5.74) is 0.